The van der Waals surface area contributed by atoms with E-state index in [0.29, 0.717) is 0 Å². The molecule has 1 saturated carbocycles. The number of amides is 1. The Morgan fingerprint density at radius 2 is 1.88 bits per heavy atom. The van der Waals surface area contributed by atoms with Crippen LogP contribution in [0.5, 0.6) is 0 Å². The van der Waals surface area contributed by atoms with Gasteiger partial charge in [-0.3, -0.25) is 4.79 Å². The highest BCUT2D eigenvalue weighted by atomic mass is 16.2. The molecule has 0 aromatic rings. The van der Waals surface area contributed by atoms with E-state index in [2.05, 4.69) is 5.32 Å². The summed E-state index contributed by atoms with van der Waals surface area (Å²) in [6.45, 7) is 8.41. The van der Waals surface area contributed by atoms with Crippen molar-refractivity contribution in [1.29, 1.82) is 0 Å². The largest absolute Gasteiger partial charge is 0.356 e. The second-order valence-electron chi connectivity index (χ2n) is 6.19. The van der Waals surface area contributed by atoms with E-state index >= 15 is 0 Å². The van der Waals surface area contributed by atoms with E-state index in [0.717, 1.165) is 18.9 Å². The lowest BCUT2D eigenvalue weighted by molar-refractivity contribution is -0.132. The first-order valence-corrected chi connectivity index (χ1v) is 6.32. The summed E-state index contributed by atoms with van der Waals surface area (Å²) >= 11 is 0. The van der Waals surface area contributed by atoms with E-state index in [9.17, 15) is 4.79 Å². The van der Waals surface area contributed by atoms with Crippen molar-refractivity contribution in [2.75, 3.05) is 6.54 Å². The lowest BCUT2D eigenvalue weighted by Gasteiger charge is -2.37. The summed E-state index contributed by atoms with van der Waals surface area (Å²) < 4.78 is 0. The third kappa shape index (κ3) is 2.97. The molecule has 3 N–H and O–H groups in total. The topological polar surface area (TPSA) is 55.1 Å². The van der Waals surface area contributed by atoms with Crippen LogP contribution in [0.3, 0.4) is 0 Å². The molecule has 1 fully saturated rings. The molecular formula is C13H26N2O. The molecule has 0 aliphatic heterocycles. The molecule has 1 amide bonds. The van der Waals surface area contributed by atoms with Gasteiger partial charge < -0.3 is 11.1 Å². The maximum atomic E-state index is 12.0. The van der Waals surface area contributed by atoms with Gasteiger partial charge in [0.1, 0.15) is 0 Å². The zero-order chi connectivity index (χ0) is 12.4. The molecule has 0 radical (unpaired) electrons. The van der Waals surface area contributed by atoms with Gasteiger partial charge in [0.05, 0.1) is 5.41 Å². The van der Waals surface area contributed by atoms with Crippen LogP contribution in [-0.4, -0.2) is 18.0 Å². The van der Waals surface area contributed by atoms with Gasteiger partial charge in [-0.15, -0.1) is 0 Å². The molecule has 0 unspecified atom stereocenters. The van der Waals surface area contributed by atoms with Gasteiger partial charge in [0.25, 0.3) is 0 Å². The molecular weight excluding hydrogens is 200 g/mol. The number of nitrogens with two attached hydrogens (primary N) is 1. The highest BCUT2D eigenvalue weighted by molar-refractivity contribution is 5.83. The standard InChI is InChI=1S/C13H26N2O/c1-12(2,13(3,4)14)11(16)15-9-8-10-6-5-7-10/h10H,5-9,14H2,1-4H3,(H,15,16). The Balaban J connectivity index is 2.33. The van der Waals surface area contributed by atoms with Crippen molar-refractivity contribution in [3.63, 3.8) is 0 Å². The lowest BCUT2D eigenvalue weighted by atomic mass is 9.74. The Labute approximate surface area is 99.2 Å². The average molecular weight is 226 g/mol. The van der Waals surface area contributed by atoms with Crippen LogP contribution in [0.4, 0.5) is 0 Å². The number of hydrogen-bond donors (Lipinski definition) is 2. The van der Waals surface area contributed by atoms with Gasteiger partial charge in [0.15, 0.2) is 0 Å². The van der Waals surface area contributed by atoms with Crippen LogP contribution in [0.15, 0.2) is 0 Å². The normalized spacial score (nSPS) is 18.1. The first-order valence-electron chi connectivity index (χ1n) is 6.32. The van der Waals surface area contributed by atoms with Crippen LogP contribution in [0.1, 0.15) is 53.4 Å². The summed E-state index contributed by atoms with van der Waals surface area (Å²) in [5, 5.41) is 3.01. The highest BCUT2D eigenvalue weighted by Crippen LogP contribution is 2.30. The predicted octanol–water partition coefficient (Wildman–Crippen LogP) is 2.06. The second-order valence-corrected chi connectivity index (χ2v) is 6.19. The molecule has 0 heterocycles. The molecule has 16 heavy (non-hydrogen) atoms. The van der Waals surface area contributed by atoms with Crippen molar-refractivity contribution in [3.8, 4) is 0 Å². The summed E-state index contributed by atoms with van der Waals surface area (Å²) in [6.07, 6.45) is 5.15. The number of carbonyl (C=O) groups is 1. The summed E-state index contributed by atoms with van der Waals surface area (Å²) in [5.74, 6) is 0.911. The first kappa shape index (κ1) is 13.5. The lowest BCUT2D eigenvalue weighted by Crippen LogP contribution is -2.55. The Morgan fingerprint density at radius 1 is 1.31 bits per heavy atom. The Kier molecular flexibility index (Phi) is 4.00. The van der Waals surface area contributed by atoms with Gasteiger partial charge in [-0.05, 0) is 40.0 Å². The average Bonchev–Trinajstić information content (AvgIpc) is 2.06. The van der Waals surface area contributed by atoms with Crippen molar-refractivity contribution in [3.05, 3.63) is 0 Å². The van der Waals surface area contributed by atoms with E-state index in [4.69, 9.17) is 5.73 Å². The van der Waals surface area contributed by atoms with Gasteiger partial charge in [-0.25, -0.2) is 0 Å². The van der Waals surface area contributed by atoms with Crippen LogP contribution in [0.2, 0.25) is 0 Å². The number of carbonyl (C=O) groups excluding carboxylic acids is 1. The van der Waals surface area contributed by atoms with E-state index in [1.807, 2.05) is 27.7 Å². The van der Waals surface area contributed by atoms with Crippen molar-refractivity contribution < 1.29 is 4.79 Å². The van der Waals surface area contributed by atoms with Gasteiger partial charge in [-0.2, -0.15) is 0 Å². The predicted molar refractivity (Wildman–Crippen MR) is 67.0 cm³/mol. The molecule has 3 heteroatoms. The molecule has 0 saturated heterocycles. The maximum Gasteiger partial charge on any atom is 0.227 e. The minimum atomic E-state index is -0.521. The molecule has 0 aromatic heterocycles. The van der Waals surface area contributed by atoms with Gasteiger partial charge in [-0.1, -0.05) is 19.3 Å². The quantitative estimate of drug-likeness (QED) is 0.754. The summed E-state index contributed by atoms with van der Waals surface area (Å²) in [6, 6.07) is 0. The monoisotopic (exact) mass is 226 g/mol. The van der Waals surface area contributed by atoms with E-state index in [-0.39, 0.29) is 5.91 Å². The minimum Gasteiger partial charge on any atom is -0.356 e. The molecule has 94 valence electrons. The third-order valence-electron chi connectivity index (χ3n) is 4.24. The van der Waals surface area contributed by atoms with Crippen LogP contribution >= 0.6 is 0 Å². The molecule has 0 spiro atoms. The zero-order valence-electron chi connectivity index (χ0n) is 11.1. The van der Waals surface area contributed by atoms with Crippen LogP contribution in [-0.2, 0) is 4.79 Å². The molecule has 0 aromatic carbocycles. The number of nitrogens with one attached hydrogen (secondary N) is 1. The molecule has 0 atom stereocenters. The smallest absolute Gasteiger partial charge is 0.227 e. The molecule has 0 bridgehead atoms. The Hall–Kier alpha value is -0.570. The van der Waals surface area contributed by atoms with E-state index < -0.39 is 11.0 Å². The van der Waals surface area contributed by atoms with Crippen molar-refractivity contribution in [2.24, 2.45) is 17.1 Å². The summed E-state index contributed by atoms with van der Waals surface area (Å²) in [5.41, 5.74) is 5.01. The van der Waals surface area contributed by atoms with Crippen molar-refractivity contribution in [2.45, 2.75) is 58.9 Å². The van der Waals surface area contributed by atoms with Crippen LogP contribution < -0.4 is 11.1 Å². The number of rotatable bonds is 5. The maximum absolute atomic E-state index is 12.0. The van der Waals surface area contributed by atoms with Crippen molar-refractivity contribution in [1.82, 2.24) is 5.32 Å². The fourth-order valence-corrected chi connectivity index (χ4v) is 1.68. The SMILES string of the molecule is CC(C)(N)C(C)(C)C(=O)NCCC1CCC1. The van der Waals surface area contributed by atoms with Crippen LogP contribution in [0.25, 0.3) is 0 Å². The third-order valence-corrected chi connectivity index (χ3v) is 4.24. The Bertz CT molecular complexity index is 249. The molecule has 1 aliphatic rings. The summed E-state index contributed by atoms with van der Waals surface area (Å²) in [7, 11) is 0. The zero-order valence-corrected chi connectivity index (χ0v) is 11.1. The fraction of sp³-hybridized carbons (Fsp3) is 0.923. The summed E-state index contributed by atoms with van der Waals surface area (Å²) in [4.78, 5) is 12.0. The molecule has 1 aliphatic carbocycles. The second kappa shape index (κ2) is 4.74. The van der Waals surface area contributed by atoms with Crippen molar-refractivity contribution >= 4 is 5.91 Å². The Morgan fingerprint density at radius 3 is 2.25 bits per heavy atom. The molecule has 1 rings (SSSR count). The highest BCUT2D eigenvalue weighted by Gasteiger charge is 2.40. The van der Waals surface area contributed by atoms with Gasteiger partial charge in [0.2, 0.25) is 5.91 Å². The minimum absolute atomic E-state index is 0.0688. The molecule has 3 nitrogen and oxygen atoms in total. The number of hydrogen-bond acceptors (Lipinski definition) is 2. The van der Waals surface area contributed by atoms with Gasteiger partial charge >= 0.3 is 0 Å². The van der Waals surface area contributed by atoms with E-state index in [1.54, 1.807) is 0 Å². The first-order chi connectivity index (χ1) is 7.25. The van der Waals surface area contributed by atoms with Gasteiger partial charge in [0, 0.05) is 12.1 Å². The van der Waals surface area contributed by atoms with E-state index in [1.165, 1.54) is 19.3 Å². The van der Waals surface area contributed by atoms with Crippen LogP contribution in [0, 0.1) is 11.3 Å². The fourth-order valence-electron chi connectivity index (χ4n) is 1.68.